The molecule has 1 saturated heterocycles. The fourth-order valence-electron chi connectivity index (χ4n) is 3.19. The lowest BCUT2D eigenvalue weighted by Gasteiger charge is -2.24. The van der Waals surface area contributed by atoms with Crippen molar-refractivity contribution in [3.05, 3.63) is 53.6 Å². The van der Waals surface area contributed by atoms with Gasteiger partial charge in [-0.05, 0) is 31.7 Å². The van der Waals surface area contributed by atoms with Gasteiger partial charge in [-0.15, -0.1) is 0 Å². The molecule has 134 valence electrons. The van der Waals surface area contributed by atoms with Crippen molar-refractivity contribution < 1.29 is 4.39 Å². The number of halogens is 1. The predicted molar refractivity (Wildman–Crippen MR) is 96.3 cm³/mol. The second kappa shape index (κ2) is 8.33. The van der Waals surface area contributed by atoms with Crippen molar-refractivity contribution in [3.63, 3.8) is 0 Å². The number of benzene rings is 1. The summed E-state index contributed by atoms with van der Waals surface area (Å²) < 4.78 is 13.1. The van der Waals surface area contributed by atoms with Crippen molar-refractivity contribution in [1.82, 2.24) is 25.7 Å². The van der Waals surface area contributed by atoms with Crippen LogP contribution in [0.3, 0.4) is 0 Å². The van der Waals surface area contributed by atoms with Crippen molar-refractivity contribution >= 4 is 5.95 Å². The Kier molecular flexibility index (Phi) is 5.91. The first-order valence-electron chi connectivity index (χ1n) is 8.63. The lowest BCUT2D eigenvalue weighted by atomic mass is 9.94. The van der Waals surface area contributed by atoms with Crippen LogP contribution in [-0.2, 0) is 6.54 Å². The van der Waals surface area contributed by atoms with Crippen LogP contribution in [0.1, 0.15) is 24.1 Å². The molecule has 0 saturated carbocycles. The maximum absolute atomic E-state index is 13.1. The quantitative estimate of drug-likeness (QED) is 0.713. The minimum absolute atomic E-state index is 0.176. The van der Waals surface area contributed by atoms with Gasteiger partial charge in [0.1, 0.15) is 5.82 Å². The molecule has 1 aliphatic heterocycles. The average Bonchev–Trinajstić information content (AvgIpc) is 3.05. The van der Waals surface area contributed by atoms with E-state index in [0.717, 1.165) is 37.3 Å². The Hall–Kier alpha value is -2.09. The highest BCUT2D eigenvalue weighted by Gasteiger charge is 2.29. The van der Waals surface area contributed by atoms with E-state index in [9.17, 15) is 4.39 Å². The van der Waals surface area contributed by atoms with E-state index >= 15 is 0 Å². The van der Waals surface area contributed by atoms with E-state index in [-0.39, 0.29) is 11.9 Å². The fraction of sp³-hybridized carbons (Fsp3) is 0.444. The number of anilines is 1. The van der Waals surface area contributed by atoms with Crippen molar-refractivity contribution in [1.29, 1.82) is 0 Å². The lowest BCUT2D eigenvalue weighted by molar-refractivity contribution is 0.262. The predicted octanol–water partition coefficient (Wildman–Crippen LogP) is 1.94. The van der Waals surface area contributed by atoms with E-state index in [2.05, 4.69) is 38.1 Å². The third kappa shape index (κ3) is 4.72. The summed E-state index contributed by atoms with van der Waals surface area (Å²) >= 11 is 0. The van der Waals surface area contributed by atoms with Crippen molar-refractivity contribution in [2.45, 2.75) is 19.5 Å². The van der Waals surface area contributed by atoms with Crippen LogP contribution in [0.5, 0.6) is 0 Å². The van der Waals surface area contributed by atoms with Crippen LogP contribution in [0, 0.1) is 11.7 Å². The third-order valence-corrected chi connectivity index (χ3v) is 4.36. The Labute approximate surface area is 147 Å². The molecular weight excluding hydrogens is 319 g/mol. The Morgan fingerprint density at radius 3 is 2.64 bits per heavy atom. The van der Waals surface area contributed by atoms with Gasteiger partial charge in [-0.25, -0.2) is 19.8 Å². The molecule has 0 aliphatic carbocycles. The Morgan fingerprint density at radius 2 is 1.96 bits per heavy atom. The van der Waals surface area contributed by atoms with E-state index in [0.29, 0.717) is 11.9 Å². The number of hydrogen-bond acceptors (Lipinski definition) is 6. The molecule has 0 spiro atoms. The van der Waals surface area contributed by atoms with E-state index in [1.165, 1.54) is 12.1 Å². The molecule has 1 aromatic heterocycles. The van der Waals surface area contributed by atoms with Crippen molar-refractivity contribution in [2.24, 2.45) is 5.92 Å². The maximum Gasteiger partial charge on any atom is 0.222 e. The summed E-state index contributed by atoms with van der Waals surface area (Å²) in [6.07, 6.45) is 3.73. The smallest absolute Gasteiger partial charge is 0.222 e. The van der Waals surface area contributed by atoms with Gasteiger partial charge in [-0.2, -0.15) is 0 Å². The first kappa shape index (κ1) is 17.7. The van der Waals surface area contributed by atoms with Crippen LogP contribution < -0.4 is 16.2 Å². The molecule has 6 nitrogen and oxygen atoms in total. The highest BCUT2D eigenvalue weighted by Crippen LogP contribution is 2.26. The second-order valence-electron chi connectivity index (χ2n) is 6.46. The first-order chi connectivity index (χ1) is 12.2. The Morgan fingerprint density at radius 1 is 1.24 bits per heavy atom. The summed E-state index contributed by atoms with van der Waals surface area (Å²) in [6.45, 7) is 5.41. The SMILES string of the molecule is CCNc1ncc(CN(C)CC2CNNC2c2ccc(F)cc2)cn1. The molecule has 25 heavy (non-hydrogen) atoms. The van der Waals surface area contributed by atoms with Gasteiger partial charge in [0.2, 0.25) is 5.95 Å². The van der Waals surface area contributed by atoms with E-state index < -0.39 is 0 Å². The van der Waals surface area contributed by atoms with Gasteiger partial charge in [-0.1, -0.05) is 12.1 Å². The molecule has 2 heterocycles. The van der Waals surface area contributed by atoms with E-state index in [1.54, 1.807) is 0 Å². The average molecular weight is 344 g/mol. The Bertz CT molecular complexity index is 660. The summed E-state index contributed by atoms with van der Waals surface area (Å²) in [5.41, 5.74) is 8.71. The molecule has 1 aromatic carbocycles. The highest BCUT2D eigenvalue weighted by molar-refractivity contribution is 5.24. The molecule has 1 fully saturated rings. The normalized spacial score (nSPS) is 20.2. The zero-order valence-corrected chi connectivity index (χ0v) is 14.7. The van der Waals surface area contributed by atoms with Crippen molar-refractivity contribution in [3.8, 4) is 0 Å². The summed E-state index contributed by atoms with van der Waals surface area (Å²) in [4.78, 5) is 10.9. The molecule has 2 atom stereocenters. The monoisotopic (exact) mass is 344 g/mol. The van der Waals surface area contributed by atoms with E-state index in [4.69, 9.17) is 0 Å². The molecule has 0 amide bonds. The van der Waals surface area contributed by atoms with Gasteiger partial charge < -0.3 is 10.2 Å². The minimum Gasteiger partial charge on any atom is -0.355 e. The topological polar surface area (TPSA) is 65.1 Å². The largest absolute Gasteiger partial charge is 0.355 e. The maximum atomic E-state index is 13.1. The fourth-order valence-corrected chi connectivity index (χ4v) is 3.19. The molecule has 0 bridgehead atoms. The Balaban J connectivity index is 1.57. The molecule has 2 aromatic rings. The summed E-state index contributed by atoms with van der Waals surface area (Å²) in [5.74, 6) is 0.858. The van der Waals surface area contributed by atoms with Crippen LogP contribution in [0.2, 0.25) is 0 Å². The zero-order chi connectivity index (χ0) is 17.6. The minimum atomic E-state index is -0.204. The number of nitrogens with one attached hydrogen (secondary N) is 3. The molecule has 3 N–H and O–H groups in total. The van der Waals surface area contributed by atoms with Crippen LogP contribution >= 0.6 is 0 Å². The molecular formula is C18H25FN6. The van der Waals surface area contributed by atoms with Gasteiger partial charge in [0.25, 0.3) is 0 Å². The third-order valence-electron chi connectivity index (χ3n) is 4.36. The van der Waals surface area contributed by atoms with Gasteiger partial charge in [-0.3, -0.25) is 5.43 Å². The molecule has 3 rings (SSSR count). The standard InChI is InChI=1S/C18H25FN6/c1-3-20-18-21-8-13(9-22-18)11-25(2)12-15-10-23-24-17(15)14-4-6-16(19)7-5-14/h4-9,15,17,23-24H,3,10-12H2,1-2H3,(H,20,21,22). The first-order valence-corrected chi connectivity index (χ1v) is 8.63. The van der Waals surface area contributed by atoms with Gasteiger partial charge in [0.15, 0.2) is 0 Å². The van der Waals surface area contributed by atoms with Crippen LogP contribution in [0.25, 0.3) is 0 Å². The van der Waals surface area contributed by atoms with Crippen molar-refractivity contribution in [2.75, 3.05) is 32.0 Å². The number of hydrogen-bond donors (Lipinski definition) is 3. The number of nitrogens with zero attached hydrogens (tertiary/aromatic N) is 3. The van der Waals surface area contributed by atoms with Crippen LogP contribution in [0.4, 0.5) is 10.3 Å². The molecule has 0 radical (unpaired) electrons. The van der Waals surface area contributed by atoms with Crippen LogP contribution in [-0.4, -0.2) is 41.5 Å². The van der Waals surface area contributed by atoms with Gasteiger partial charge in [0, 0.05) is 50.1 Å². The highest BCUT2D eigenvalue weighted by atomic mass is 19.1. The molecule has 7 heteroatoms. The molecule has 2 unspecified atom stereocenters. The summed E-state index contributed by atoms with van der Waals surface area (Å²) in [7, 11) is 2.10. The summed E-state index contributed by atoms with van der Waals surface area (Å²) in [6, 6.07) is 6.90. The zero-order valence-electron chi connectivity index (χ0n) is 14.7. The number of hydrazine groups is 1. The van der Waals surface area contributed by atoms with Gasteiger partial charge >= 0.3 is 0 Å². The summed E-state index contributed by atoms with van der Waals surface area (Å²) in [5, 5.41) is 3.10. The lowest BCUT2D eigenvalue weighted by Crippen LogP contribution is -2.30. The molecule has 1 aliphatic rings. The number of rotatable bonds is 7. The number of aromatic nitrogens is 2. The van der Waals surface area contributed by atoms with E-state index in [1.807, 2.05) is 31.5 Å². The van der Waals surface area contributed by atoms with Crippen LogP contribution in [0.15, 0.2) is 36.7 Å². The second-order valence-corrected chi connectivity index (χ2v) is 6.46. The van der Waals surface area contributed by atoms with Gasteiger partial charge in [0.05, 0.1) is 6.04 Å².